The first-order valence-corrected chi connectivity index (χ1v) is 15.0. The van der Waals surface area contributed by atoms with Crippen LogP contribution in [-0.4, -0.2) is 87.6 Å². The molecule has 9 nitrogen and oxygen atoms in total. The Morgan fingerprint density at radius 1 is 0.824 bits per heavy atom. The first kappa shape index (κ1) is 25.0. The van der Waals surface area contributed by atoms with Gasteiger partial charge in [0.1, 0.15) is 0 Å². The fourth-order valence-corrected chi connectivity index (χ4v) is 7.07. The minimum atomic E-state index is -3.76. The number of benzene rings is 1. The van der Waals surface area contributed by atoms with Crippen molar-refractivity contribution in [3.8, 4) is 0 Å². The minimum absolute atomic E-state index is 0.0181. The van der Waals surface area contributed by atoms with Gasteiger partial charge in [0.25, 0.3) is 0 Å². The SMILES string of the molecule is Cc1cc(C)nc(N2CCC(N3CCCN(S(=O)(=O)c4cccc(S(C)(=O)=O)c4)CC3)CC2)n1. The third-order valence-corrected chi connectivity index (χ3v) is 9.60. The molecule has 11 heteroatoms. The largest absolute Gasteiger partial charge is 0.341 e. The van der Waals surface area contributed by atoms with Crippen LogP contribution in [0, 0.1) is 13.8 Å². The molecule has 0 N–H and O–H groups in total. The summed E-state index contributed by atoms with van der Waals surface area (Å²) in [4.78, 5) is 13.9. The van der Waals surface area contributed by atoms with Crippen LogP contribution in [0.3, 0.4) is 0 Å². The van der Waals surface area contributed by atoms with E-state index in [9.17, 15) is 16.8 Å². The van der Waals surface area contributed by atoms with E-state index < -0.39 is 19.9 Å². The van der Waals surface area contributed by atoms with E-state index in [1.54, 1.807) is 0 Å². The second-order valence-corrected chi connectivity index (χ2v) is 13.2. The summed E-state index contributed by atoms with van der Waals surface area (Å²) in [5, 5.41) is 0. The van der Waals surface area contributed by atoms with E-state index in [4.69, 9.17) is 0 Å². The molecule has 0 atom stereocenters. The quantitative estimate of drug-likeness (QED) is 0.604. The van der Waals surface area contributed by atoms with E-state index in [1.807, 2.05) is 19.9 Å². The Balaban J connectivity index is 1.39. The van der Waals surface area contributed by atoms with E-state index in [0.717, 1.165) is 62.5 Å². The van der Waals surface area contributed by atoms with E-state index in [0.29, 0.717) is 25.7 Å². The Hall–Kier alpha value is -2.08. The van der Waals surface area contributed by atoms with Crippen LogP contribution in [-0.2, 0) is 19.9 Å². The topological polar surface area (TPSA) is 104 Å². The molecule has 186 valence electrons. The Labute approximate surface area is 202 Å². The number of rotatable bonds is 5. The standard InChI is InChI=1S/C23H33N5O4S2/c1-18-16-19(2)25-23(24-18)27-12-8-20(9-13-27)26-10-5-11-28(15-14-26)34(31,32)22-7-4-6-21(17-22)33(3,29)30/h4,6-7,16-17,20H,5,8-15H2,1-3H3. The van der Waals surface area contributed by atoms with Crippen LogP contribution >= 0.6 is 0 Å². The van der Waals surface area contributed by atoms with Gasteiger partial charge in [-0.05, 0) is 63.9 Å². The number of sulfonamides is 1. The maximum absolute atomic E-state index is 13.2. The number of hydrogen-bond acceptors (Lipinski definition) is 8. The van der Waals surface area contributed by atoms with Gasteiger partial charge in [-0.25, -0.2) is 26.8 Å². The lowest BCUT2D eigenvalue weighted by Gasteiger charge is -2.38. The van der Waals surface area contributed by atoms with Crippen molar-refractivity contribution in [1.29, 1.82) is 0 Å². The lowest BCUT2D eigenvalue weighted by atomic mass is 10.0. The van der Waals surface area contributed by atoms with Crippen molar-refractivity contribution in [2.75, 3.05) is 50.4 Å². The van der Waals surface area contributed by atoms with Gasteiger partial charge in [0, 0.05) is 56.4 Å². The molecular weight excluding hydrogens is 474 g/mol. The lowest BCUT2D eigenvalue weighted by Crippen LogP contribution is -2.46. The Morgan fingerprint density at radius 3 is 2.12 bits per heavy atom. The van der Waals surface area contributed by atoms with Crippen molar-refractivity contribution in [2.45, 2.75) is 48.9 Å². The number of sulfone groups is 1. The van der Waals surface area contributed by atoms with Gasteiger partial charge in [-0.2, -0.15) is 4.31 Å². The van der Waals surface area contributed by atoms with Crippen LogP contribution in [0.25, 0.3) is 0 Å². The molecule has 0 aliphatic carbocycles. The highest BCUT2D eigenvalue weighted by atomic mass is 32.2. The average Bonchev–Trinajstić information content (AvgIpc) is 3.05. The van der Waals surface area contributed by atoms with E-state index in [1.165, 1.54) is 28.6 Å². The fourth-order valence-electron chi connectivity index (χ4n) is 4.81. The molecule has 2 aliphatic heterocycles. The molecule has 0 radical (unpaired) electrons. The molecule has 0 bridgehead atoms. The highest BCUT2D eigenvalue weighted by molar-refractivity contribution is 7.91. The van der Waals surface area contributed by atoms with Gasteiger partial charge in [0.15, 0.2) is 9.84 Å². The van der Waals surface area contributed by atoms with Gasteiger partial charge < -0.3 is 4.90 Å². The van der Waals surface area contributed by atoms with Crippen molar-refractivity contribution in [1.82, 2.24) is 19.2 Å². The molecule has 0 unspecified atom stereocenters. The zero-order valence-corrected chi connectivity index (χ0v) is 21.6. The van der Waals surface area contributed by atoms with Gasteiger partial charge in [-0.1, -0.05) is 6.07 Å². The highest BCUT2D eigenvalue weighted by Gasteiger charge is 2.31. The third-order valence-electron chi connectivity index (χ3n) is 6.60. The van der Waals surface area contributed by atoms with Gasteiger partial charge in [-0.15, -0.1) is 0 Å². The Morgan fingerprint density at radius 2 is 1.47 bits per heavy atom. The molecule has 0 saturated carbocycles. The third kappa shape index (κ3) is 5.59. The number of nitrogens with zero attached hydrogens (tertiary/aromatic N) is 5. The molecule has 2 saturated heterocycles. The van der Waals surface area contributed by atoms with Crippen LogP contribution < -0.4 is 4.90 Å². The summed E-state index contributed by atoms with van der Waals surface area (Å²) in [6.07, 6.45) is 3.80. The van der Waals surface area contributed by atoms with Gasteiger partial charge >= 0.3 is 0 Å². The zero-order chi connectivity index (χ0) is 24.5. The summed E-state index contributed by atoms with van der Waals surface area (Å²) in [5.41, 5.74) is 1.95. The molecule has 3 heterocycles. The molecule has 2 fully saturated rings. The molecule has 2 aliphatic rings. The second-order valence-electron chi connectivity index (χ2n) is 9.21. The maximum atomic E-state index is 13.2. The van der Waals surface area contributed by atoms with Crippen LogP contribution in [0.1, 0.15) is 30.7 Å². The Kier molecular flexibility index (Phi) is 7.28. The molecule has 2 aromatic rings. The fraction of sp³-hybridized carbons (Fsp3) is 0.565. The highest BCUT2D eigenvalue weighted by Crippen LogP contribution is 2.24. The number of piperidine rings is 1. The number of aromatic nitrogens is 2. The number of hydrogen-bond donors (Lipinski definition) is 0. The average molecular weight is 508 g/mol. The first-order valence-electron chi connectivity index (χ1n) is 11.7. The Bertz CT molecular complexity index is 1220. The van der Waals surface area contributed by atoms with Gasteiger partial charge in [0.05, 0.1) is 9.79 Å². The van der Waals surface area contributed by atoms with Crippen LogP contribution in [0.4, 0.5) is 5.95 Å². The van der Waals surface area contributed by atoms with Crippen molar-refractivity contribution in [3.05, 3.63) is 41.7 Å². The van der Waals surface area contributed by atoms with Crippen LogP contribution in [0.2, 0.25) is 0 Å². The number of anilines is 1. The normalized spacial score (nSPS) is 19.8. The molecule has 4 rings (SSSR count). The monoisotopic (exact) mass is 507 g/mol. The van der Waals surface area contributed by atoms with Crippen molar-refractivity contribution in [3.63, 3.8) is 0 Å². The second kappa shape index (κ2) is 9.88. The van der Waals surface area contributed by atoms with E-state index in [2.05, 4.69) is 19.8 Å². The summed E-state index contributed by atoms with van der Waals surface area (Å²) >= 11 is 0. The van der Waals surface area contributed by atoms with Crippen molar-refractivity contribution in [2.24, 2.45) is 0 Å². The zero-order valence-electron chi connectivity index (χ0n) is 20.0. The summed E-state index contributed by atoms with van der Waals surface area (Å²) in [5.74, 6) is 0.792. The van der Waals surface area contributed by atoms with Crippen LogP contribution in [0.15, 0.2) is 40.1 Å². The van der Waals surface area contributed by atoms with E-state index >= 15 is 0 Å². The summed E-state index contributed by atoms with van der Waals surface area (Å²) < 4.78 is 51.8. The van der Waals surface area contributed by atoms with E-state index in [-0.39, 0.29) is 9.79 Å². The van der Waals surface area contributed by atoms with Gasteiger partial charge in [0.2, 0.25) is 16.0 Å². The molecule has 34 heavy (non-hydrogen) atoms. The van der Waals surface area contributed by atoms with Crippen LogP contribution in [0.5, 0.6) is 0 Å². The maximum Gasteiger partial charge on any atom is 0.243 e. The van der Waals surface area contributed by atoms with Gasteiger partial charge in [-0.3, -0.25) is 4.90 Å². The predicted octanol–water partition coefficient (Wildman–Crippen LogP) is 1.86. The molecule has 0 amide bonds. The molecular formula is C23H33N5O4S2. The molecule has 1 aromatic carbocycles. The molecule has 0 spiro atoms. The lowest BCUT2D eigenvalue weighted by molar-refractivity contribution is 0.177. The number of aryl methyl sites for hydroxylation is 2. The predicted molar refractivity (Wildman–Crippen MR) is 131 cm³/mol. The van der Waals surface area contributed by atoms with Crippen molar-refractivity contribution >= 4 is 25.8 Å². The summed E-state index contributed by atoms with van der Waals surface area (Å²) in [7, 11) is -7.24. The van der Waals surface area contributed by atoms with Crippen molar-refractivity contribution < 1.29 is 16.8 Å². The first-order chi connectivity index (χ1) is 16.0. The summed E-state index contributed by atoms with van der Waals surface area (Å²) in [6.45, 7) is 8.06. The minimum Gasteiger partial charge on any atom is -0.341 e. The smallest absolute Gasteiger partial charge is 0.243 e. The molecule has 1 aromatic heterocycles. The summed E-state index contributed by atoms with van der Waals surface area (Å²) in [6, 6.07) is 8.02.